The Kier molecular flexibility index (Phi) is 1.98. The number of fused-ring (bicyclic) bond motifs is 2. The Morgan fingerprint density at radius 3 is 3.07 bits per heavy atom. The third-order valence-electron chi connectivity index (χ3n) is 3.71. The maximum Gasteiger partial charge on any atom is 0.0410 e. The molecule has 3 heteroatoms. The van der Waals surface area contributed by atoms with Crippen molar-refractivity contribution >= 4 is 17.3 Å². The molecule has 2 aliphatic rings. The molecule has 1 aromatic rings. The number of nitrogens with one attached hydrogen (secondary N) is 1. The summed E-state index contributed by atoms with van der Waals surface area (Å²) in [5, 5.41) is 4.35. The van der Waals surface area contributed by atoms with E-state index in [9.17, 15) is 0 Å². The molecule has 15 heavy (non-hydrogen) atoms. The molecule has 0 amide bonds. The molecule has 1 aromatic carbocycles. The van der Waals surface area contributed by atoms with E-state index < -0.39 is 0 Å². The zero-order valence-electron chi connectivity index (χ0n) is 8.89. The Balaban J connectivity index is 2.07. The van der Waals surface area contributed by atoms with Gasteiger partial charge in [-0.1, -0.05) is 11.6 Å². The summed E-state index contributed by atoms with van der Waals surface area (Å²) in [6, 6.07) is 6.20. The van der Waals surface area contributed by atoms with Crippen LogP contribution in [0.15, 0.2) is 18.2 Å². The highest BCUT2D eigenvalue weighted by Gasteiger charge is 2.43. The lowest BCUT2D eigenvalue weighted by molar-refractivity contribution is 0.381. The molecule has 0 aromatic heterocycles. The first kappa shape index (κ1) is 9.49. The molecule has 0 unspecified atom stereocenters. The van der Waals surface area contributed by atoms with Crippen LogP contribution in [-0.2, 0) is 5.41 Å². The number of nitrogens with zero attached hydrogens (tertiary/aromatic N) is 1. The molecule has 1 spiro atoms. The van der Waals surface area contributed by atoms with Gasteiger partial charge in [0, 0.05) is 29.2 Å². The highest BCUT2D eigenvalue weighted by molar-refractivity contribution is 6.30. The Hall–Kier alpha value is -0.730. The van der Waals surface area contributed by atoms with Gasteiger partial charge in [-0.2, -0.15) is 0 Å². The summed E-state index contributed by atoms with van der Waals surface area (Å²) < 4.78 is 0. The van der Waals surface area contributed by atoms with Crippen LogP contribution < -0.4 is 5.32 Å². The fraction of sp³-hybridized carbons (Fsp3) is 0.500. The lowest BCUT2D eigenvalue weighted by Gasteiger charge is -2.23. The van der Waals surface area contributed by atoms with E-state index in [1.165, 1.54) is 24.2 Å². The van der Waals surface area contributed by atoms with Crippen LogP contribution in [0.4, 0.5) is 5.69 Å². The molecule has 0 saturated carbocycles. The molecule has 1 fully saturated rings. The van der Waals surface area contributed by atoms with E-state index >= 15 is 0 Å². The van der Waals surface area contributed by atoms with Gasteiger partial charge in [0.1, 0.15) is 0 Å². The van der Waals surface area contributed by atoms with Gasteiger partial charge in [0.25, 0.3) is 0 Å². The average molecular weight is 223 g/mol. The van der Waals surface area contributed by atoms with E-state index in [-0.39, 0.29) is 0 Å². The monoisotopic (exact) mass is 222 g/mol. The van der Waals surface area contributed by atoms with Crippen molar-refractivity contribution in [1.29, 1.82) is 0 Å². The van der Waals surface area contributed by atoms with E-state index in [0.717, 1.165) is 18.1 Å². The zero-order chi connectivity index (χ0) is 10.5. The predicted molar refractivity (Wildman–Crippen MR) is 63.7 cm³/mol. The van der Waals surface area contributed by atoms with Crippen molar-refractivity contribution in [3.63, 3.8) is 0 Å². The predicted octanol–water partition coefficient (Wildman–Crippen LogP) is 2.34. The summed E-state index contributed by atoms with van der Waals surface area (Å²) >= 11 is 6.08. The van der Waals surface area contributed by atoms with Crippen LogP contribution in [0.25, 0.3) is 0 Å². The van der Waals surface area contributed by atoms with Gasteiger partial charge >= 0.3 is 0 Å². The van der Waals surface area contributed by atoms with Crippen molar-refractivity contribution in [1.82, 2.24) is 4.90 Å². The van der Waals surface area contributed by atoms with E-state index in [4.69, 9.17) is 11.6 Å². The van der Waals surface area contributed by atoms with Gasteiger partial charge in [-0.3, -0.25) is 0 Å². The number of hydrogen-bond donors (Lipinski definition) is 1. The van der Waals surface area contributed by atoms with Crippen LogP contribution in [-0.4, -0.2) is 31.6 Å². The fourth-order valence-electron chi connectivity index (χ4n) is 2.91. The van der Waals surface area contributed by atoms with Crippen molar-refractivity contribution in [2.24, 2.45) is 0 Å². The maximum atomic E-state index is 6.08. The Morgan fingerprint density at radius 2 is 2.33 bits per heavy atom. The maximum absolute atomic E-state index is 6.08. The minimum Gasteiger partial charge on any atom is -0.384 e. The van der Waals surface area contributed by atoms with Gasteiger partial charge in [0.15, 0.2) is 0 Å². The van der Waals surface area contributed by atoms with Gasteiger partial charge < -0.3 is 10.2 Å². The summed E-state index contributed by atoms with van der Waals surface area (Å²) in [5.74, 6) is 0. The van der Waals surface area contributed by atoms with E-state index in [0.29, 0.717) is 5.41 Å². The van der Waals surface area contributed by atoms with Gasteiger partial charge in [-0.15, -0.1) is 0 Å². The average Bonchev–Trinajstić information content (AvgIpc) is 2.74. The number of likely N-dealkylation sites (tertiary alicyclic amines) is 1. The normalized spacial score (nSPS) is 29.5. The summed E-state index contributed by atoms with van der Waals surface area (Å²) in [4.78, 5) is 2.40. The lowest BCUT2D eigenvalue weighted by atomic mass is 9.82. The molecule has 0 bridgehead atoms. The molecule has 1 saturated heterocycles. The molecule has 0 radical (unpaired) electrons. The molecule has 2 aliphatic heterocycles. The van der Waals surface area contributed by atoms with E-state index in [1.54, 1.807) is 0 Å². The first-order valence-electron chi connectivity index (χ1n) is 5.42. The number of benzene rings is 1. The first-order valence-corrected chi connectivity index (χ1v) is 5.80. The molecule has 2 nitrogen and oxygen atoms in total. The smallest absolute Gasteiger partial charge is 0.0410 e. The minimum atomic E-state index is 0.314. The van der Waals surface area contributed by atoms with Crippen molar-refractivity contribution < 1.29 is 0 Å². The second-order valence-corrected chi connectivity index (χ2v) is 5.25. The summed E-state index contributed by atoms with van der Waals surface area (Å²) in [5.41, 5.74) is 3.00. The van der Waals surface area contributed by atoms with Gasteiger partial charge in [-0.05, 0) is 43.8 Å². The zero-order valence-corrected chi connectivity index (χ0v) is 9.64. The quantitative estimate of drug-likeness (QED) is 0.725. The standard InChI is InChI=1S/C12H15ClN2/c1-15-5-4-12(8-15)7-14-11-3-2-9(13)6-10(11)12/h2-3,6,14H,4-5,7-8H2,1H3/t12-/m1/s1. The molecule has 1 N–H and O–H groups in total. The van der Waals surface area contributed by atoms with Gasteiger partial charge in [0.05, 0.1) is 0 Å². The Bertz CT molecular complexity index is 401. The molecule has 80 valence electrons. The van der Waals surface area contributed by atoms with Crippen molar-refractivity contribution in [2.75, 3.05) is 32.0 Å². The van der Waals surface area contributed by atoms with Crippen molar-refractivity contribution in [3.8, 4) is 0 Å². The molecule has 2 heterocycles. The number of halogens is 1. The summed E-state index contributed by atoms with van der Waals surface area (Å²) in [7, 11) is 2.19. The number of anilines is 1. The van der Waals surface area contributed by atoms with E-state index in [2.05, 4.69) is 29.4 Å². The van der Waals surface area contributed by atoms with Crippen LogP contribution in [0.2, 0.25) is 5.02 Å². The van der Waals surface area contributed by atoms with Gasteiger partial charge in [0.2, 0.25) is 0 Å². The van der Waals surface area contributed by atoms with Gasteiger partial charge in [-0.25, -0.2) is 0 Å². The Labute approximate surface area is 95.2 Å². The molecular weight excluding hydrogens is 208 g/mol. The van der Waals surface area contributed by atoms with Crippen LogP contribution in [0, 0.1) is 0 Å². The van der Waals surface area contributed by atoms with E-state index in [1.807, 2.05) is 6.07 Å². The highest BCUT2D eigenvalue weighted by atomic mass is 35.5. The highest BCUT2D eigenvalue weighted by Crippen LogP contribution is 2.43. The second-order valence-electron chi connectivity index (χ2n) is 4.81. The summed E-state index contributed by atoms with van der Waals surface area (Å²) in [6.07, 6.45) is 1.24. The third kappa shape index (κ3) is 1.35. The van der Waals surface area contributed by atoms with Crippen LogP contribution in [0.5, 0.6) is 0 Å². The Morgan fingerprint density at radius 1 is 1.47 bits per heavy atom. The first-order chi connectivity index (χ1) is 7.20. The molecule has 3 rings (SSSR count). The topological polar surface area (TPSA) is 15.3 Å². The molecule has 0 aliphatic carbocycles. The van der Waals surface area contributed by atoms with Crippen LogP contribution in [0.1, 0.15) is 12.0 Å². The molecule has 1 atom stereocenters. The lowest BCUT2D eigenvalue weighted by Crippen LogP contribution is -2.31. The molecular formula is C12H15ClN2. The van der Waals surface area contributed by atoms with Crippen molar-refractivity contribution in [2.45, 2.75) is 11.8 Å². The number of hydrogen-bond acceptors (Lipinski definition) is 2. The number of likely N-dealkylation sites (N-methyl/N-ethyl adjacent to an activating group) is 1. The third-order valence-corrected chi connectivity index (χ3v) is 3.95. The van der Waals surface area contributed by atoms with Crippen molar-refractivity contribution in [3.05, 3.63) is 28.8 Å². The fourth-order valence-corrected chi connectivity index (χ4v) is 3.08. The second kappa shape index (κ2) is 3.13. The largest absolute Gasteiger partial charge is 0.384 e. The minimum absolute atomic E-state index is 0.314. The SMILES string of the molecule is CN1CC[C@@]2(CNc3ccc(Cl)cc32)C1. The number of rotatable bonds is 0. The summed E-state index contributed by atoms with van der Waals surface area (Å²) in [6.45, 7) is 3.40. The van der Waals surface area contributed by atoms with Crippen LogP contribution >= 0.6 is 11.6 Å². The van der Waals surface area contributed by atoms with Crippen LogP contribution in [0.3, 0.4) is 0 Å².